The molecule has 0 aliphatic heterocycles. The molecule has 0 aliphatic carbocycles. The minimum atomic E-state index is -3.86. The highest BCUT2D eigenvalue weighted by atomic mass is 35.5. The lowest BCUT2D eigenvalue weighted by Crippen LogP contribution is -2.18. The van der Waals surface area contributed by atoms with E-state index in [0.29, 0.717) is 10.6 Å². The third kappa shape index (κ3) is 4.65. The van der Waals surface area contributed by atoms with Gasteiger partial charge in [0.1, 0.15) is 5.01 Å². The molecule has 0 saturated carbocycles. The number of nitrogens with zero attached hydrogens (tertiary/aromatic N) is 4. The van der Waals surface area contributed by atoms with Gasteiger partial charge >= 0.3 is 0 Å². The largest absolute Gasteiger partial charge is 0.295 e. The number of anilines is 1. The Morgan fingerprint density at radius 2 is 2.04 bits per heavy atom. The van der Waals surface area contributed by atoms with Crippen LogP contribution in [-0.4, -0.2) is 34.5 Å². The molecule has 27 heavy (non-hydrogen) atoms. The molecule has 8 nitrogen and oxygen atoms in total. The molecule has 1 aromatic carbocycles. The van der Waals surface area contributed by atoms with Crippen LogP contribution in [0.3, 0.4) is 0 Å². The molecule has 0 atom stereocenters. The maximum absolute atomic E-state index is 12.6. The number of sulfone groups is 1. The number of nitrogens with one attached hydrogen (secondary N) is 1. The molecule has 2 aromatic heterocycles. The van der Waals surface area contributed by atoms with Gasteiger partial charge in [-0.1, -0.05) is 52.8 Å². The number of aryl methyl sites for hydroxylation is 2. The molecule has 2 heterocycles. The summed E-state index contributed by atoms with van der Waals surface area (Å²) in [5.41, 5.74) is 1.29. The number of carbonyl (C=O) groups excluding carboxylic acids is 1. The van der Waals surface area contributed by atoms with Gasteiger partial charge in [0.15, 0.2) is 5.69 Å². The third-order valence-electron chi connectivity index (χ3n) is 3.40. The van der Waals surface area contributed by atoms with Gasteiger partial charge in [0, 0.05) is 0 Å². The summed E-state index contributed by atoms with van der Waals surface area (Å²) in [6.07, 6.45) is 1.10. The van der Waals surface area contributed by atoms with Crippen molar-refractivity contribution in [2.24, 2.45) is 0 Å². The molecule has 11 heteroatoms. The first kappa shape index (κ1) is 19.3. The SMILES string of the molecule is Cc1cccc(CS(=O)(=O)c2ncc(Cl)c(C(=O)Nc3nnc(C)s3)n2)c1. The number of amides is 1. The zero-order valence-electron chi connectivity index (χ0n) is 14.3. The number of hydrogen-bond donors (Lipinski definition) is 1. The minimum Gasteiger partial charge on any atom is -0.295 e. The van der Waals surface area contributed by atoms with Crippen LogP contribution in [0, 0.1) is 13.8 Å². The maximum Gasteiger partial charge on any atom is 0.277 e. The molecule has 0 bridgehead atoms. The summed E-state index contributed by atoms with van der Waals surface area (Å²) < 4.78 is 25.3. The second-order valence-electron chi connectivity index (χ2n) is 5.68. The fraction of sp³-hybridized carbons (Fsp3) is 0.188. The fourth-order valence-corrected chi connectivity index (χ4v) is 4.20. The van der Waals surface area contributed by atoms with Crippen LogP contribution >= 0.6 is 22.9 Å². The van der Waals surface area contributed by atoms with E-state index < -0.39 is 20.9 Å². The van der Waals surface area contributed by atoms with E-state index in [1.54, 1.807) is 25.1 Å². The van der Waals surface area contributed by atoms with Crippen LogP contribution in [0.5, 0.6) is 0 Å². The van der Waals surface area contributed by atoms with Gasteiger partial charge in [0.05, 0.1) is 17.0 Å². The summed E-state index contributed by atoms with van der Waals surface area (Å²) in [5, 5.41) is 10.5. The second kappa shape index (κ2) is 7.67. The van der Waals surface area contributed by atoms with Crippen LogP contribution in [0.4, 0.5) is 5.13 Å². The van der Waals surface area contributed by atoms with Crippen molar-refractivity contribution in [2.75, 3.05) is 5.32 Å². The number of halogens is 1. The van der Waals surface area contributed by atoms with E-state index in [0.717, 1.165) is 11.8 Å². The van der Waals surface area contributed by atoms with E-state index in [2.05, 4.69) is 25.5 Å². The first-order valence-electron chi connectivity index (χ1n) is 7.67. The molecule has 0 unspecified atom stereocenters. The first-order valence-corrected chi connectivity index (χ1v) is 10.5. The smallest absolute Gasteiger partial charge is 0.277 e. The quantitative estimate of drug-likeness (QED) is 0.627. The Morgan fingerprint density at radius 1 is 1.26 bits per heavy atom. The van der Waals surface area contributed by atoms with Crippen LogP contribution in [-0.2, 0) is 15.6 Å². The first-order chi connectivity index (χ1) is 12.7. The van der Waals surface area contributed by atoms with Crippen molar-refractivity contribution in [1.29, 1.82) is 0 Å². The van der Waals surface area contributed by atoms with E-state index in [1.165, 1.54) is 11.3 Å². The van der Waals surface area contributed by atoms with Gasteiger partial charge in [0.2, 0.25) is 20.1 Å². The topological polar surface area (TPSA) is 115 Å². The Kier molecular flexibility index (Phi) is 5.49. The second-order valence-corrected chi connectivity index (χ2v) is 9.15. The van der Waals surface area contributed by atoms with Gasteiger partial charge < -0.3 is 0 Å². The van der Waals surface area contributed by atoms with Crippen molar-refractivity contribution in [1.82, 2.24) is 20.2 Å². The van der Waals surface area contributed by atoms with Crippen molar-refractivity contribution >= 4 is 43.8 Å². The van der Waals surface area contributed by atoms with Gasteiger partial charge in [-0.15, -0.1) is 10.2 Å². The van der Waals surface area contributed by atoms with Crippen molar-refractivity contribution in [3.8, 4) is 0 Å². The number of carbonyl (C=O) groups is 1. The average molecular weight is 424 g/mol. The molecule has 140 valence electrons. The van der Waals surface area contributed by atoms with Crippen molar-refractivity contribution in [3.05, 3.63) is 57.3 Å². The van der Waals surface area contributed by atoms with Crippen molar-refractivity contribution in [2.45, 2.75) is 24.8 Å². The van der Waals surface area contributed by atoms with Crippen molar-refractivity contribution in [3.63, 3.8) is 0 Å². The highest BCUT2D eigenvalue weighted by Gasteiger charge is 2.23. The molecule has 1 amide bonds. The molecular weight excluding hydrogens is 410 g/mol. The molecule has 0 spiro atoms. The summed E-state index contributed by atoms with van der Waals surface area (Å²) in [4.78, 5) is 20.0. The molecule has 1 N–H and O–H groups in total. The molecule has 0 radical (unpaired) electrons. The molecule has 0 saturated heterocycles. The van der Waals surface area contributed by atoms with Crippen LogP contribution in [0.2, 0.25) is 5.02 Å². The Morgan fingerprint density at radius 3 is 2.70 bits per heavy atom. The van der Waals surface area contributed by atoms with Crippen LogP contribution in [0.15, 0.2) is 35.6 Å². The monoisotopic (exact) mass is 423 g/mol. The summed E-state index contributed by atoms with van der Waals surface area (Å²) in [7, 11) is -3.86. The van der Waals surface area contributed by atoms with Crippen molar-refractivity contribution < 1.29 is 13.2 Å². The lowest BCUT2D eigenvalue weighted by atomic mass is 10.2. The number of aromatic nitrogens is 4. The van der Waals surface area contributed by atoms with Crippen LogP contribution < -0.4 is 5.32 Å². The molecule has 3 aromatic rings. The summed E-state index contributed by atoms with van der Waals surface area (Å²) >= 11 is 7.15. The summed E-state index contributed by atoms with van der Waals surface area (Å²) in [5.74, 6) is -0.974. The Labute approximate surface area is 164 Å². The molecule has 0 aliphatic rings. The van der Waals surface area contributed by atoms with E-state index >= 15 is 0 Å². The zero-order chi connectivity index (χ0) is 19.6. The Balaban J connectivity index is 1.88. The lowest BCUT2D eigenvalue weighted by Gasteiger charge is -2.07. The third-order valence-corrected chi connectivity index (χ3v) is 5.90. The fourth-order valence-electron chi connectivity index (χ4n) is 2.25. The lowest BCUT2D eigenvalue weighted by molar-refractivity contribution is 0.102. The van der Waals surface area contributed by atoms with Gasteiger partial charge in [-0.2, -0.15) is 0 Å². The van der Waals surface area contributed by atoms with Gasteiger partial charge in [-0.25, -0.2) is 18.4 Å². The highest BCUT2D eigenvalue weighted by Crippen LogP contribution is 2.20. The average Bonchev–Trinajstić information content (AvgIpc) is 2.99. The zero-order valence-corrected chi connectivity index (χ0v) is 16.7. The maximum atomic E-state index is 12.6. The van der Waals surface area contributed by atoms with Crippen LogP contribution in [0.25, 0.3) is 0 Å². The molecule has 3 rings (SSSR count). The minimum absolute atomic E-state index is 0.0664. The van der Waals surface area contributed by atoms with E-state index in [9.17, 15) is 13.2 Å². The summed E-state index contributed by atoms with van der Waals surface area (Å²) in [6.45, 7) is 3.60. The van der Waals surface area contributed by atoms with Gasteiger partial charge in [0.25, 0.3) is 5.91 Å². The number of hydrogen-bond acceptors (Lipinski definition) is 8. The molecular formula is C16H14ClN5O3S2. The van der Waals surface area contributed by atoms with E-state index in [1.807, 2.05) is 13.0 Å². The number of benzene rings is 1. The normalized spacial score (nSPS) is 11.4. The summed E-state index contributed by atoms with van der Waals surface area (Å²) in [6, 6.07) is 7.10. The highest BCUT2D eigenvalue weighted by molar-refractivity contribution is 7.90. The van der Waals surface area contributed by atoms with E-state index in [4.69, 9.17) is 11.6 Å². The van der Waals surface area contributed by atoms with Gasteiger partial charge in [-0.05, 0) is 19.4 Å². The van der Waals surface area contributed by atoms with Gasteiger partial charge in [-0.3, -0.25) is 10.1 Å². The Hall–Kier alpha value is -2.43. The predicted octanol–water partition coefficient (Wildman–Crippen LogP) is 2.82. The Bertz CT molecular complexity index is 1110. The molecule has 0 fully saturated rings. The van der Waals surface area contributed by atoms with E-state index in [-0.39, 0.29) is 21.6 Å². The predicted molar refractivity (Wildman–Crippen MR) is 102 cm³/mol. The number of rotatable bonds is 5. The van der Waals surface area contributed by atoms with Crippen LogP contribution in [0.1, 0.15) is 26.6 Å². The standard InChI is InChI=1S/C16H14ClN5O3S2/c1-9-4-3-5-11(6-9)8-27(24,25)16-18-7-12(17)13(19-16)14(23)20-15-22-21-10(2)26-15/h3-7H,8H2,1-2H3,(H,20,22,23).